The van der Waals surface area contributed by atoms with Gasteiger partial charge in [-0.3, -0.25) is 20.4 Å². The number of allylic oxidation sites excluding steroid dienone is 2. The number of carbonyl (C=O) groups excluding carboxylic acids is 2. The smallest absolute Gasteiger partial charge is 0.273 e. The molecule has 0 radical (unpaired) electrons. The van der Waals surface area contributed by atoms with Gasteiger partial charge in [0.1, 0.15) is 17.1 Å². The van der Waals surface area contributed by atoms with Crippen LogP contribution in [0.25, 0.3) is 0 Å². The van der Waals surface area contributed by atoms with Crippen molar-refractivity contribution in [2.24, 2.45) is 5.92 Å². The summed E-state index contributed by atoms with van der Waals surface area (Å²) in [4.78, 5) is 24.2. The third-order valence-corrected chi connectivity index (χ3v) is 6.36. The van der Waals surface area contributed by atoms with Gasteiger partial charge in [0, 0.05) is 24.3 Å². The summed E-state index contributed by atoms with van der Waals surface area (Å²) in [5.41, 5.74) is 7.34. The average molecular weight is 415 g/mol. The van der Waals surface area contributed by atoms with Crippen LogP contribution in [0, 0.1) is 5.92 Å². The zero-order chi connectivity index (χ0) is 22.1. The zero-order valence-electron chi connectivity index (χ0n) is 18.7. The van der Waals surface area contributed by atoms with Crippen LogP contribution in [0.15, 0.2) is 17.7 Å². The van der Waals surface area contributed by atoms with Gasteiger partial charge < -0.3 is 9.84 Å². The number of phenolic OH excluding ortho intramolecular Hbond substituents is 1. The van der Waals surface area contributed by atoms with E-state index in [0.29, 0.717) is 17.7 Å². The van der Waals surface area contributed by atoms with E-state index in [4.69, 9.17) is 4.74 Å². The van der Waals surface area contributed by atoms with Crippen molar-refractivity contribution in [3.05, 3.63) is 34.4 Å². The van der Waals surface area contributed by atoms with Crippen molar-refractivity contribution < 1.29 is 19.4 Å². The lowest BCUT2D eigenvalue weighted by atomic mass is 9.67. The normalized spacial score (nSPS) is 21.6. The Morgan fingerprint density at radius 2 is 2.00 bits per heavy atom. The van der Waals surface area contributed by atoms with E-state index in [9.17, 15) is 14.7 Å². The van der Waals surface area contributed by atoms with Crippen molar-refractivity contribution in [1.82, 2.24) is 10.9 Å². The highest BCUT2D eigenvalue weighted by atomic mass is 16.5. The largest absolute Gasteiger partial charge is 0.507 e. The summed E-state index contributed by atoms with van der Waals surface area (Å²) in [7, 11) is 0. The number of rotatable bonds is 5. The van der Waals surface area contributed by atoms with E-state index in [1.54, 1.807) is 0 Å². The van der Waals surface area contributed by atoms with Crippen LogP contribution >= 0.6 is 0 Å². The second-order valence-corrected chi connectivity index (χ2v) is 9.15. The minimum atomic E-state index is -0.505. The fraction of sp³-hybridized carbons (Fsp3) is 0.583. The Labute approximate surface area is 179 Å². The van der Waals surface area contributed by atoms with E-state index in [1.807, 2.05) is 6.07 Å². The zero-order valence-corrected chi connectivity index (χ0v) is 18.7. The molecule has 1 aliphatic heterocycles. The van der Waals surface area contributed by atoms with Crippen LogP contribution in [0.2, 0.25) is 0 Å². The molecule has 0 fully saturated rings. The lowest BCUT2D eigenvalue weighted by Gasteiger charge is -2.46. The lowest BCUT2D eigenvalue weighted by Crippen LogP contribution is -2.45. The average Bonchev–Trinajstić information content (AvgIpc) is 2.65. The molecule has 0 spiro atoms. The number of amides is 2. The molecule has 0 bridgehead atoms. The summed E-state index contributed by atoms with van der Waals surface area (Å²) < 4.78 is 6.39. The van der Waals surface area contributed by atoms with E-state index in [1.165, 1.54) is 12.5 Å². The first-order valence-electron chi connectivity index (χ1n) is 11.0. The van der Waals surface area contributed by atoms with E-state index in [2.05, 4.69) is 44.6 Å². The first kappa shape index (κ1) is 22.2. The highest BCUT2D eigenvalue weighted by molar-refractivity contribution is 6.00. The monoisotopic (exact) mass is 414 g/mol. The van der Waals surface area contributed by atoms with Crippen molar-refractivity contribution in [3.8, 4) is 11.5 Å². The number of hydrazine groups is 1. The van der Waals surface area contributed by atoms with Gasteiger partial charge >= 0.3 is 0 Å². The minimum absolute atomic E-state index is 0.00509. The van der Waals surface area contributed by atoms with Gasteiger partial charge in [0.2, 0.25) is 5.91 Å². The topological polar surface area (TPSA) is 87.7 Å². The quantitative estimate of drug-likeness (QED) is 0.376. The number of aromatic hydroxyl groups is 1. The summed E-state index contributed by atoms with van der Waals surface area (Å²) >= 11 is 0. The maximum Gasteiger partial charge on any atom is 0.273 e. The molecule has 0 saturated heterocycles. The van der Waals surface area contributed by atoms with Gasteiger partial charge in [0.15, 0.2) is 0 Å². The van der Waals surface area contributed by atoms with E-state index in [-0.39, 0.29) is 34.7 Å². The van der Waals surface area contributed by atoms with Crippen molar-refractivity contribution in [2.45, 2.75) is 84.7 Å². The third-order valence-electron chi connectivity index (χ3n) is 6.36. The number of hydrogen-bond donors (Lipinski definition) is 3. The van der Waals surface area contributed by atoms with Gasteiger partial charge in [-0.25, -0.2) is 0 Å². The highest BCUT2D eigenvalue weighted by Gasteiger charge is 2.46. The summed E-state index contributed by atoms with van der Waals surface area (Å²) in [6, 6.07) is 1.92. The predicted octanol–water partition coefficient (Wildman–Crippen LogP) is 4.52. The molecule has 30 heavy (non-hydrogen) atoms. The van der Waals surface area contributed by atoms with Gasteiger partial charge in [0.05, 0.1) is 5.56 Å². The van der Waals surface area contributed by atoms with Crippen LogP contribution < -0.4 is 15.6 Å². The molecule has 0 unspecified atom stereocenters. The summed E-state index contributed by atoms with van der Waals surface area (Å²) in [6.07, 6.45) is 7.85. The first-order chi connectivity index (χ1) is 14.2. The molecule has 1 aliphatic carbocycles. The molecule has 6 nitrogen and oxygen atoms in total. The molecule has 164 valence electrons. The molecule has 1 aromatic rings. The van der Waals surface area contributed by atoms with Crippen LogP contribution in [-0.2, 0) is 11.2 Å². The molecule has 6 heteroatoms. The molecule has 3 rings (SSSR count). The summed E-state index contributed by atoms with van der Waals surface area (Å²) in [5, 5.41) is 11.3. The Kier molecular flexibility index (Phi) is 6.44. The van der Waals surface area contributed by atoms with Crippen LogP contribution in [0.4, 0.5) is 0 Å². The molecule has 2 amide bonds. The molecule has 1 aromatic carbocycles. The summed E-state index contributed by atoms with van der Waals surface area (Å²) in [6.45, 7) is 9.77. The van der Waals surface area contributed by atoms with Gasteiger partial charge in [-0.15, -0.1) is 0 Å². The molecule has 2 atom stereocenters. The standard InChI is InChI=1S/C24H34N2O4/c1-6-7-8-9-16-13-19-21(22(28)20(16)23(29)26-25-15(3)27)17-12-14(2)10-11-18(17)24(4,5)30-19/h12-13,17-18,28H,6-11H2,1-5H3,(H,25,27)(H,26,29)/t17-,18-/m1/s1. The maximum absolute atomic E-state index is 12.9. The molecular formula is C24H34N2O4. The van der Waals surface area contributed by atoms with Crippen molar-refractivity contribution in [2.75, 3.05) is 0 Å². The number of aryl methyl sites for hydroxylation is 1. The maximum atomic E-state index is 12.9. The van der Waals surface area contributed by atoms with Gasteiger partial charge in [-0.1, -0.05) is 31.4 Å². The minimum Gasteiger partial charge on any atom is -0.507 e. The molecular weight excluding hydrogens is 380 g/mol. The van der Waals surface area contributed by atoms with Crippen molar-refractivity contribution in [1.29, 1.82) is 0 Å². The van der Waals surface area contributed by atoms with E-state index < -0.39 is 5.91 Å². The van der Waals surface area contributed by atoms with Crippen molar-refractivity contribution >= 4 is 11.8 Å². The Morgan fingerprint density at radius 3 is 2.67 bits per heavy atom. The van der Waals surface area contributed by atoms with Crippen molar-refractivity contribution in [3.63, 3.8) is 0 Å². The first-order valence-corrected chi connectivity index (χ1v) is 11.0. The second-order valence-electron chi connectivity index (χ2n) is 9.15. The van der Waals surface area contributed by atoms with Gasteiger partial charge in [-0.2, -0.15) is 0 Å². The molecule has 1 heterocycles. The third kappa shape index (κ3) is 4.32. The van der Waals surface area contributed by atoms with E-state index in [0.717, 1.165) is 37.7 Å². The number of hydrogen-bond acceptors (Lipinski definition) is 4. The van der Waals surface area contributed by atoms with Crippen LogP contribution in [0.3, 0.4) is 0 Å². The molecule has 3 N–H and O–H groups in total. The SMILES string of the molecule is CCCCCc1cc2c(c(O)c1C(=O)NNC(C)=O)[C@@H]1C=C(C)CC[C@H]1C(C)(C)O2. The predicted molar refractivity (Wildman–Crippen MR) is 117 cm³/mol. The second kappa shape index (κ2) is 8.70. The number of ether oxygens (including phenoxy) is 1. The number of carbonyl (C=O) groups is 2. The Morgan fingerprint density at radius 1 is 1.27 bits per heavy atom. The highest BCUT2D eigenvalue weighted by Crippen LogP contribution is 2.54. The fourth-order valence-corrected chi connectivity index (χ4v) is 4.83. The Hall–Kier alpha value is -2.50. The number of unbranched alkanes of at least 4 members (excludes halogenated alkanes) is 2. The Bertz CT molecular complexity index is 872. The van der Waals surface area contributed by atoms with E-state index >= 15 is 0 Å². The van der Waals surface area contributed by atoms with Crippen LogP contribution in [0.5, 0.6) is 11.5 Å². The molecule has 2 aliphatic rings. The number of benzene rings is 1. The number of fused-ring (bicyclic) bond motifs is 3. The fourth-order valence-electron chi connectivity index (χ4n) is 4.83. The number of phenols is 1. The molecule has 0 aromatic heterocycles. The number of nitrogens with one attached hydrogen (secondary N) is 2. The van der Waals surface area contributed by atoms with Crippen LogP contribution in [0.1, 0.15) is 94.1 Å². The Balaban J connectivity index is 2.12. The van der Waals surface area contributed by atoms with Gasteiger partial charge in [0.25, 0.3) is 5.91 Å². The van der Waals surface area contributed by atoms with Gasteiger partial charge in [-0.05, 0) is 58.1 Å². The summed E-state index contributed by atoms with van der Waals surface area (Å²) in [5.74, 6) is -0.0314. The molecule has 0 saturated carbocycles. The van der Waals surface area contributed by atoms with Crippen LogP contribution in [-0.4, -0.2) is 22.5 Å². The lowest BCUT2D eigenvalue weighted by molar-refractivity contribution is -0.119.